The summed E-state index contributed by atoms with van der Waals surface area (Å²) in [6.45, 7) is 2.20. The smallest absolute Gasteiger partial charge is 0.335 e. The van der Waals surface area contributed by atoms with Crippen molar-refractivity contribution >= 4 is 29.7 Å². The second-order valence-electron chi connectivity index (χ2n) is 6.76. The third-order valence-electron chi connectivity index (χ3n) is 4.90. The number of nitrogens with zero attached hydrogens (tertiary/aromatic N) is 2. The van der Waals surface area contributed by atoms with E-state index in [0.29, 0.717) is 18.0 Å². The molecule has 1 aliphatic heterocycles. The maximum absolute atomic E-state index is 12.9. The molecule has 27 heavy (non-hydrogen) atoms. The normalized spacial score (nSPS) is 26.4. The van der Waals surface area contributed by atoms with Crippen molar-refractivity contribution in [3.05, 3.63) is 24.3 Å². The van der Waals surface area contributed by atoms with Gasteiger partial charge in [-0.05, 0) is 31.9 Å². The molecule has 4 N–H and O–H groups in total. The molecule has 1 aliphatic carbocycles. The molecule has 0 unspecified atom stereocenters. The van der Waals surface area contributed by atoms with E-state index in [1.54, 1.807) is 24.3 Å². The molecule has 0 bridgehead atoms. The number of urea groups is 1. The minimum absolute atomic E-state index is 0.00105. The van der Waals surface area contributed by atoms with Gasteiger partial charge in [0.25, 0.3) is 5.91 Å². The van der Waals surface area contributed by atoms with Crippen LogP contribution in [0.1, 0.15) is 32.6 Å². The Labute approximate surface area is 157 Å². The maximum atomic E-state index is 12.9. The minimum atomic E-state index is -1.15. The molecule has 4 amide bonds. The SMILES string of the molecule is CCOc1ccccc1N1C(=O)NC(=O)[C@@H](C=N[C@H]2CCCC[C@H]2[NH3+])C1=O. The number of carbonyl (C=O) groups is 3. The van der Waals surface area contributed by atoms with E-state index in [0.717, 1.165) is 30.6 Å². The van der Waals surface area contributed by atoms with Crippen LogP contribution in [0.5, 0.6) is 5.75 Å². The Morgan fingerprint density at radius 1 is 1.26 bits per heavy atom. The Balaban J connectivity index is 1.86. The minimum Gasteiger partial charge on any atom is -0.492 e. The topological polar surface area (TPSA) is 116 Å². The first kappa shape index (κ1) is 19.0. The van der Waals surface area contributed by atoms with Gasteiger partial charge in [-0.25, -0.2) is 9.69 Å². The number of ether oxygens (including phenoxy) is 1. The lowest BCUT2D eigenvalue weighted by Gasteiger charge is -2.30. The highest BCUT2D eigenvalue weighted by Crippen LogP contribution is 2.30. The van der Waals surface area contributed by atoms with E-state index in [-0.39, 0.29) is 12.1 Å². The molecule has 2 fully saturated rings. The molecule has 8 heteroatoms. The Hall–Kier alpha value is -2.74. The van der Waals surface area contributed by atoms with E-state index >= 15 is 0 Å². The first-order chi connectivity index (χ1) is 13.0. The average Bonchev–Trinajstić information content (AvgIpc) is 2.64. The van der Waals surface area contributed by atoms with Gasteiger partial charge in [-0.1, -0.05) is 18.6 Å². The summed E-state index contributed by atoms with van der Waals surface area (Å²) in [6, 6.07) is 6.13. The molecule has 144 valence electrons. The van der Waals surface area contributed by atoms with Gasteiger partial charge in [0, 0.05) is 12.6 Å². The number of hydrogen-bond donors (Lipinski definition) is 2. The van der Waals surface area contributed by atoms with E-state index < -0.39 is 23.8 Å². The zero-order valence-electron chi connectivity index (χ0n) is 15.4. The van der Waals surface area contributed by atoms with Crippen molar-refractivity contribution in [3.63, 3.8) is 0 Å². The quantitative estimate of drug-likeness (QED) is 0.589. The van der Waals surface area contributed by atoms with Crippen LogP contribution < -0.4 is 20.7 Å². The summed E-state index contributed by atoms with van der Waals surface area (Å²) in [6.07, 6.45) is 5.43. The number of barbiturate groups is 1. The van der Waals surface area contributed by atoms with Crippen molar-refractivity contribution in [1.29, 1.82) is 0 Å². The van der Waals surface area contributed by atoms with Crippen LogP contribution >= 0.6 is 0 Å². The average molecular weight is 373 g/mol. The zero-order chi connectivity index (χ0) is 19.4. The lowest BCUT2D eigenvalue weighted by Crippen LogP contribution is -2.66. The predicted molar refractivity (Wildman–Crippen MR) is 99.5 cm³/mol. The van der Waals surface area contributed by atoms with Gasteiger partial charge in [0.05, 0.1) is 12.3 Å². The molecule has 3 rings (SSSR count). The number of rotatable bonds is 5. The second kappa shape index (κ2) is 8.30. The second-order valence-corrected chi connectivity index (χ2v) is 6.76. The summed E-state index contributed by atoms with van der Waals surface area (Å²) < 4.78 is 5.52. The Morgan fingerprint density at radius 2 is 2.00 bits per heavy atom. The molecule has 1 saturated heterocycles. The highest BCUT2D eigenvalue weighted by atomic mass is 16.5. The highest BCUT2D eigenvalue weighted by molar-refractivity contribution is 6.32. The molecule has 1 aromatic rings. The number of imide groups is 2. The first-order valence-corrected chi connectivity index (χ1v) is 9.30. The van der Waals surface area contributed by atoms with Gasteiger partial charge in [-0.15, -0.1) is 0 Å². The Kier molecular flexibility index (Phi) is 5.85. The van der Waals surface area contributed by atoms with E-state index in [1.807, 2.05) is 6.92 Å². The van der Waals surface area contributed by atoms with Crippen molar-refractivity contribution in [2.24, 2.45) is 10.9 Å². The molecule has 1 aromatic carbocycles. The number of para-hydroxylation sites is 2. The van der Waals surface area contributed by atoms with Crippen LogP contribution in [0.2, 0.25) is 0 Å². The fraction of sp³-hybridized carbons (Fsp3) is 0.474. The molecule has 2 aliphatic rings. The number of carbonyl (C=O) groups excluding carboxylic acids is 3. The number of anilines is 1. The van der Waals surface area contributed by atoms with Gasteiger partial charge in [0.2, 0.25) is 5.91 Å². The van der Waals surface area contributed by atoms with Gasteiger partial charge in [-0.2, -0.15) is 0 Å². The summed E-state index contributed by atoms with van der Waals surface area (Å²) in [5, 5.41) is 2.24. The summed E-state index contributed by atoms with van der Waals surface area (Å²) in [4.78, 5) is 42.9. The molecular weight excluding hydrogens is 348 g/mol. The van der Waals surface area contributed by atoms with Crippen molar-refractivity contribution in [1.82, 2.24) is 5.32 Å². The maximum Gasteiger partial charge on any atom is 0.335 e. The van der Waals surface area contributed by atoms with Crippen molar-refractivity contribution in [2.45, 2.75) is 44.7 Å². The third-order valence-corrected chi connectivity index (χ3v) is 4.90. The molecule has 8 nitrogen and oxygen atoms in total. The third kappa shape index (κ3) is 4.00. The molecule has 3 atom stereocenters. The van der Waals surface area contributed by atoms with Gasteiger partial charge in [-0.3, -0.25) is 19.9 Å². The van der Waals surface area contributed by atoms with Crippen molar-refractivity contribution < 1.29 is 24.9 Å². The van der Waals surface area contributed by atoms with E-state index in [4.69, 9.17) is 4.74 Å². The van der Waals surface area contributed by atoms with Gasteiger partial charge >= 0.3 is 6.03 Å². The number of nitrogens with one attached hydrogen (secondary N) is 1. The number of quaternary nitrogens is 1. The lowest BCUT2D eigenvalue weighted by atomic mass is 9.91. The van der Waals surface area contributed by atoms with Crippen LogP contribution in [0.4, 0.5) is 10.5 Å². The summed E-state index contributed by atoms with van der Waals surface area (Å²) in [5.74, 6) is -2.03. The van der Waals surface area contributed by atoms with Crippen LogP contribution in [-0.4, -0.2) is 42.8 Å². The number of aliphatic imine (C=N–C) groups is 1. The van der Waals surface area contributed by atoms with Crippen LogP contribution in [0.25, 0.3) is 0 Å². The van der Waals surface area contributed by atoms with Crippen LogP contribution in [0.15, 0.2) is 29.3 Å². The van der Waals surface area contributed by atoms with E-state index in [1.165, 1.54) is 6.21 Å². The van der Waals surface area contributed by atoms with E-state index in [9.17, 15) is 14.4 Å². The van der Waals surface area contributed by atoms with Crippen LogP contribution in [-0.2, 0) is 9.59 Å². The predicted octanol–water partition coefficient (Wildman–Crippen LogP) is 0.908. The largest absolute Gasteiger partial charge is 0.492 e. The van der Waals surface area contributed by atoms with Crippen molar-refractivity contribution in [2.75, 3.05) is 11.5 Å². The molecule has 0 aromatic heterocycles. The Bertz CT molecular complexity index is 764. The fourth-order valence-corrected chi connectivity index (χ4v) is 3.45. The number of amides is 4. The molecule has 1 heterocycles. The monoisotopic (exact) mass is 373 g/mol. The summed E-state index contributed by atoms with van der Waals surface area (Å²) in [7, 11) is 0. The fourth-order valence-electron chi connectivity index (χ4n) is 3.45. The number of benzene rings is 1. The molecule has 1 saturated carbocycles. The lowest BCUT2D eigenvalue weighted by molar-refractivity contribution is -0.428. The summed E-state index contributed by atoms with van der Waals surface area (Å²) in [5.41, 5.74) is 4.41. The van der Waals surface area contributed by atoms with Crippen LogP contribution in [0.3, 0.4) is 0 Å². The van der Waals surface area contributed by atoms with Crippen LogP contribution in [0, 0.1) is 5.92 Å². The van der Waals surface area contributed by atoms with E-state index in [2.05, 4.69) is 16.0 Å². The number of hydrogen-bond acceptors (Lipinski definition) is 5. The molecule has 0 radical (unpaired) electrons. The first-order valence-electron chi connectivity index (χ1n) is 9.30. The van der Waals surface area contributed by atoms with Crippen molar-refractivity contribution in [3.8, 4) is 5.75 Å². The highest BCUT2D eigenvalue weighted by Gasteiger charge is 2.41. The standard InChI is InChI=1S/C19H24N4O4/c1-2-27-16-10-6-5-9-15(16)23-18(25)12(17(24)22-19(23)26)11-21-14-8-4-3-7-13(14)20/h5-6,9-14H,2-4,7-8,20H2,1H3,(H,22,24,26)/p+1/t12-,13-,14+/m1/s1. The zero-order valence-corrected chi connectivity index (χ0v) is 15.4. The van der Waals surface area contributed by atoms with Gasteiger partial charge < -0.3 is 10.5 Å². The van der Waals surface area contributed by atoms with Gasteiger partial charge in [0.1, 0.15) is 17.8 Å². The Morgan fingerprint density at radius 3 is 2.74 bits per heavy atom. The summed E-state index contributed by atoms with van der Waals surface area (Å²) >= 11 is 0. The molecule has 0 spiro atoms. The molecular formula is C19H25N4O4+. The van der Waals surface area contributed by atoms with Gasteiger partial charge in [0.15, 0.2) is 5.92 Å².